The Balaban J connectivity index is 1.96. The molecular formula is C13H12INO3S2. The van der Waals surface area contributed by atoms with Gasteiger partial charge in [0.15, 0.2) is 0 Å². The lowest BCUT2D eigenvalue weighted by Crippen LogP contribution is -2.30. The number of sulfonamides is 1. The molecule has 0 N–H and O–H groups in total. The van der Waals surface area contributed by atoms with E-state index in [4.69, 9.17) is 4.42 Å². The first kappa shape index (κ1) is 14.4. The van der Waals surface area contributed by atoms with E-state index in [0.29, 0.717) is 17.2 Å². The van der Waals surface area contributed by atoms with Crippen LogP contribution < -0.4 is 0 Å². The quantitative estimate of drug-likeness (QED) is 0.714. The second-order valence-electron chi connectivity index (χ2n) is 4.31. The van der Waals surface area contributed by atoms with Crippen molar-refractivity contribution in [3.8, 4) is 0 Å². The summed E-state index contributed by atoms with van der Waals surface area (Å²) in [5, 5.41) is -0.269. The third-order valence-electron chi connectivity index (χ3n) is 3.06. The molecule has 1 saturated heterocycles. The second kappa shape index (κ2) is 5.70. The summed E-state index contributed by atoms with van der Waals surface area (Å²) in [6.45, 7) is 0.504. The van der Waals surface area contributed by atoms with Crippen LogP contribution in [0.4, 0.5) is 0 Å². The topological polar surface area (TPSA) is 50.5 Å². The van der Waals surface area contributed by atoms with Gasteiger partial charge in [0.2, 0.25) is 10.0 Å². The lowest BCUT2D eigenvalue weighted by Gasteiger charge is -2.21. The average molecular weight is 421 g/mol. The largest absolute Gasteiger partial charge is 0.467 e. The molecule has 3 rings (SSSR count). The highest BCUT2D eigenvalue weighted by molar-refractivity contribution is 14.1. The molecule has 0 unspecified atom stereocenters. The zero-order valence-corrected chi connectivity index (χ0v) is 14.2. The van der Waals surface area contributed by atoms with Gasteiger partial charge in [-0.3, -0.25) is 0 Å². The van der Waals surface area contributed by atoms with E-state index in [1.165, 1.54) is 4.31 Å². The van der Waals surface area contributed by atoms with Crippen LogP contribution >= 0.6 is 34.4 Å². The van der Waals surface area contributed by atoms with Crippen molar-refractivity contribution in [1.29, 1.82) is 0 Å². The van der Waals surface area contributed by atoms with E-state index >= 15 is 0 Å². The van der Waals surface area contributed by atoms with Crippen molar-refractivity contribution in [2.45, 2.75) is 10.3 Å². The Labute approximate surface area is 135 Å². The van der Waals surface area contributed by atoms with Crippen LogP contribution in [0.2, 0.25) is 0 Å². The summed E-state index contributed by atoms with van der Waals surface area (Å²) in [5.74, 6) is 1.45. The maximum Gasteiger partial charge on any atom is 0.244 e. The van der Waals surface area contributed by atoms with Crippen molar-refractivity contribution in [2.75, 3.05) is 12.3 Å². The van der Waals surface area contributed by atoms with E-state index in [9.17, 15) is 8.42 Å². The van der Waals surface area contributed by atoms with Crippen LogP contribution in [0, 0.1) is 3.57 Å². The lowest BCUT2D eigenvalue weighted by atomic mass is 10.4. The molecule has 7 heteroatoms. The van der Waals surface area contributed by atoms with Crippen LogP contribution in [0.15, 0.2) is 52.0 Å². The predicted octanol–water partition coefficient (Wildman–Crippen LogP) is 3.32. The molecule has 0 saturated carbocycles. The van der Waals surface area contributed by atoms with Crippen molar-refractivity contribution in [3.05, 3.63) is 52.0 Å². The average Bonchev–Trinajstić information content (AvgIpc) is 3.10. The number of benzene rings is 1. The first-order valence-corrected chi connectivity index (χ1v) is 9.58. The molecule has 106 valence electrons. The highest BCUT2D eigenvalue weighted by atomic mass is 127. The van der Waals surface area contributed by atoms with E-state index in [-0.39, 0.29) is 5.37 Å². The molecule has 2 aromatic rings. The van der Waals surface area contributed by atoms with Gasteiger partial charge in [-0.2, -0.15) is 4.31 Å². The number of furan rings is 1. The number of thioether (sulfide) groups is 1. The highest BCUT2D eigenvalue weighted by Gasteiger charge is 2.38. The van der Waals surface area contributed by atoms with Gasteiger partial charge in [0.05, 0.1) is 11.2 Å². The molecule has 20 heavy (non-hydrogen) atoms. The maximum atomic E-state index is 12.7. The molecule has 0 spiro atoms. The molecule has 1 aromatic heterocycles. The first-order valence-electron chi connectivity index (χ1n) is 6.01. The Bertz CT molecular complexity index is 683. The third-order valence-corrected chi connectivity index (χ3v) is 7.01. The molecule has 1 aliphatic heterocycles. The van der Waals surface area contributed by atoms with Gasteiger partial charge >= 0.3 is 0 Å². The summed E-state index contributed by atoms with van der Waals surface area (Å²) in [7, 11) is -3.48. The molecule has 4 nitrogen and oxygen atoms in total. The Morgan fingerprint density at radius 1 is 1.25 bits per heavy atom. The number of hydrogen-bond acceptors (Lipinski definition) is 4. The Morgan fingerprint density at radius 2 is 2.00 bits per heavy atom. The van der Waals surface area contributed by atoms with Crippen molar-refractivity contribution < 1.29 is 12.8 Å². The SMILES string of the molecule is O=S(=O)(c1ccc(I)cc1)N1CCS[C@@H]1c1ccco1. The molecule has 1 aliphatic rings. The standard InChI is InChI=1S/C13H12INO3S2/c14-10-3-5-11(6-4-10)20(16,17)15-7-9-19-13(15)12-2-1-8-18-12/h1-6,8,13H,7,9H2/t13-/m1/s1. The summed E-state index contributed by atoms with van der Waals surface area (Å²) < 4.78 is 33.3. The number of halogens is 1. The van der Waals surface area contributed by atoms with Crippen LogP contribution in [0.1, 0.15) is 11.1 Å². The Morgan fingerprint density at radius 3 is 2.65 bits per heavy atom. The van der Waals surface area contributed by atoms with Gasteiger partial charge < -0.3 is 4.42 Å². The molecule has 1 aromatic carbocycles. The van der Waals surface area contributed by atoms with E-state index in [0.717, 1.165) is 9.32 Å². The van der Waals surface area contributed by atoms with Gasteiger partial charge in [0.1, 0.15) is 11.1 Å². The second-order valence-corrected chi connectivity index (χ2v) is 8.63. The highest BCUT2D eigenvalue weighted by Crippen LogP contribution is 2.41. The van der Waals surface area contributed by atoms with Crippen molar-refractivity contribution in [2.24, 2.45) is 0 Å². The normalized spacial score (nSPS) is 20.4. The minimum absolute atomic E-state index is 0.269. The van der Waals surface area contributed by atoms with Gasteiger partial charge in [-0.05, 0) is 59.0 Å². The van der Waals surface area contributed by atoms with Crippen molar-refractivity contribution in [3.63, 3.8) is 0 Å². The van der Waals surface area contributed by atoms with E-state index in [1.807, 2.05) is 6.07 Å². The summed E-state index contributed by atoms with van der Waals surface area (Å²) in [6, 6.07) is 10.5. The fourth-order valence-electron chi connectivity index (χ4n) is 2.10. The smallest absolute Gasteiger partial charge is 0.244 e. The van der Waals surface area contributed by atoms with Gasteiger partial charge in [0, 0.05) is 15.9 Å². The van der Waals surface area contributed by atoms with Crippen LogP contribution in [-0.4, -0.2) is 25.0 Å². The Kier molecular flexibility index (Phi) is 4.11. The summed E-state index contributed by atoms with van der Waals surface area (Å²) in [5.41, 5.74) is 0. The molecule has 0 amide bonds. The van der Waals surface area contributed by atoms with Crippen LogP contribution in [0.3, 0.4) is 0 Å². The zero-order valence-electron chi connectivity index (χ0n) is 10.4. The molecule has 1 fully saturated rings. The van der Waals surface area contributed by atoms with E-state index < -0.39 is 10.0 Å². The lowest BCUT2D eigenvalue weighted by molar-refractivity contribution is 0.383. The monoisotopic (exact) mass is 421 g/mol. The third kappa shape index (κ3) is 2.63. The van der Waals surface area contributed by atoms with Gasteiger partial charge in [0.25, 0.3) is 0 Å². The van der Waals surface area contributed by atoms with E-state index in [1.54, 1.807) is 48.4 Å². The maximum absolute atomic E-state index is 12.7. The fraction of sp³-hybridized carbons (Fsp3) is 0.231. The molecular weight excluding hydrogens is 409 g/mol. The van der Waals surface area contributed by atoms with Crippen LogP contribution in [0.25, 0.3) is 0 Å². The number of nitrogens with zero attached hydrogens (tertiary/aromatic N) is 1. The fourth-order valence-corrected chi connectivity index (χ4v) is 5.63. The number of hydrogen-bond donors (Lipinski definition) is 0. The van der Waals surface area contributed by atoms with Crippen molar-refractivity contribution >= 4 is 44.4 Å². The molecule has 1 atom stereocenters. The van der Waals surface area contributed by atoms with Gasteiger partial charge in [-0.25, -0.2) is 8.42 Å². The minimum Gasteiger partial charge on any atom is -0.467 e. The number of rotatable bonds is 3. The molecule has 0 aliphatic carbocycles. The first-order chi connectivity index (χ1) is 9.59. The summed E-state index contributed by atoms with van der Waals surface area (Å²) in [4.78, 5) is 0.331. The Hall–Kier alpha value is -0.510. The van der Waals surface area contributed by atoms with E-state index in [2.05, 4.69) is 22.6 Å². The molecule has 2 heterocycles. The molecule has 0 radical (unpaired) electrons. The van der Waals surface area contributed by atoms with Gasteiger partial charge in [-0.1, -0.05) is 0 Å². The minimum atomic E-state index is -3.48. The van der Waals surface area contributed by atoms with Crippen molar-refractivity contribution in [1.82, 2.24) is 4.31 Å². The van der Waals surface area contributed by atoms with Gasteiger partial charge in [-0.15, -0.1) is 11.8 Å². The summed E-state index contributed by atoms with van der Waals surface area (Å²) in [6.07, 6.45) is 1.57. The van der Waals surface area contributed by atoms with Crippen LogP contribution in [0.5, 0.6) is 0 Å². The summed E-state index contributed by atoms with van der Waals surface area (Å²) >= 11 is 3.74. The zero-order chi connectivity index (χ0) is 14.2. The predicted molar refractivity (Wildman–Crippen MR) is 87.0 cm³/mol. The van der Waals surface area contributed by atoms with Crippen LogP contribution in [-0.2, 0) is 10.0 Å². The molecule has 0 bridgehead atoms.